The van der Waals surface area contributed by atoms with E-state index in [-0.39, 0.29) is 22.3 Å². The third-order valence-corrected chi connectivity index (χ3v) is 4.32. The first-order chi connectivity index (χ1) is 10.0. The molecule has 21 heavy (non-hydrogen) atoms. The van der Waals surface area contributed by atoms with Gasteiger partial charge in [-0.05, 0) is 23.9 Å². The Bertz CT molecular complexity index is 658. The van der Waals surface area contributed by atoms with Crippen LogP contribution in [0.3, 0.4) is 0 Å². The van der Waals surface area contributed by atoms with E-state index >= 15 is 0 Å². The summed E-state index contributed by atoms with van der Waals surface area (Å²) in [7, 11) is 0. The molecule has 0 aliphatic carbocycles. The van der Waals surface area contributed by atoms with Crippen LogP contribution in [0, 0.1) is 10.1 Å². The van der Waals surface area contributed by atoms with Gasteiger partial charge in [0, 0.05) is 17.0 Å². The highest BCUT2D eigenvalue weighted by molar-refractivity contribution is 7.10. The zero-order valence-electron chi connectivity index (χ0n) is 11.2. The van der Waals surface area contributed by atoms with E-state index in [1.165, 1.54) is 18.2 Å². The first-order valence-electron chi connectivity index (χ1n) is 6.31. The minimum absolute atomic E-state index is 0.112. The smallest absolute Gasteiger partial charge is 0.270 e. The topological polar surface area (TPSA) is 72.2 Å². The van der Waals surface area contributed by atoms with Gasteiger partial charge in [0.05, 0.1) is 21.6 Å². The fourth-order valence-electron chi connectivity index (χ4n) is 1.90. The number of non-ortho nitro benzene ring substituents is 1. The fraction of sp³-hybridized carbons (Fsp3) is 0.214. The minimum atomic E-state index is -0.552. The van der Waals surface area contributed by atoms with Crippen molar-refractivity contribution >= 4 is 34.5 Å². The maximum Gasteiger partial charge on any atom is 0.270 e. The van der Waals surface area contributed by atoms with E-state index in [9.17, 15) is 14.9 Å². The summed E-state index contributed by atoms with van der Waals surface area (Å²) in [5, 5.41) is 15.8. The molecule has 1 aromatic carbocycles. The van der Waals surface area contributed by atoms with E-state index in [4.69, 9.17) is 11.6 Å². The number of amides is 1. The summed E-state index contributed by atoms with van der Waals surface area (Å²) >= 11 is 7.52. The third-order valence-electron chi connectivity index (χ3n) is 3.01. The molecule has 110 valence electrons. The van der Waals surface area contributed by atoms with Gasteiger partial charge in [0.2, 0.25) is 0 Å². The molecule has 0 saturated heterocycles. The molecule has 1 atom stereocenters. The Morgan fingerprint density at radius 2 is 2.24 bits per heavy atom. The molecule has 1 unspecified atom stereocenters. The Kier molecular flexibility index (Phi) is 4.93. The highest BCUT2D eigenvalue weighted by atomic mass is 35.5. The van der Waals surface area contributed by atoms with Crippen LogP contribution in [0.5, 0.6) is 0 Å². The molecule has 0 saturated carbocycles. The molecule has 0 aliphatic rings. The summed E-state index contributed by atoms with van der Waals surface area (Å²) in [5.74, 6) is -0.413. The molecule has 0 spiro atoms. The molecule has 1 N–H and O–H groups in total. The Labute approximate surface area is 130 Å². The van der Waals surface area contributed by atoms with Crippen LogP contribution in [0.2, 0.25) is 5.02 Å². The van der Waals surface area contributed by atoms with Gasteiger partial charge in [-0.2, -0.15) is 0 Å². The van der Waals surface area contributed by atoms with Crippen LogP contribution in [-0.2, 0) is 0 Å². The van der Waals surface area contributed by atoms with E-state index in [2.05, 4.69) is 5.32 Å². The zero-order valence-corrected chi connectivity index (χ0v) is 12.8. The van der Waals surface area contributed by atoms with Crippen molar-refractivity contribution < 1.29 is 9.72 Å². The number of carbonyl (C=O) groups is 1. The summed E-state index contributed by atoms with van der Waals surface area (Å²) in [6, 6.07) is 7.55. The lowest BCUT2D eigenvalue weighted by Gasteiger charge is -2.16. The SMILES string of the molecule is CCC(NC(=O)c1cc([N+](=O)[O-])ccc1Cl)c1cccs1. The lowest BCUT2D eigenvalue weighted by Crippen LogP contribution is -2.27. The Balaban J connectivity index is 2.23. The van der Waals surface area contributed by atoms with Crippen LogP contribution >= 0.6 is 22.9 Å². The molecule has 2 rings (SSSR count). The van der Waals surface area contributed by atoms with Crippen LogP contribution in [-0.4, -0.2) is 10.8 Å². The average Bonchev–Trinajstić information content (AvgIpc) is 2.98. The van der Waals surface area contributed by atoms with E-state index in [1.807, 2.05) is 24.4 Å². The third kappa shape index (κ3) is 3.59. The molecule has 1 aromatic heterocycles. The van der Waals surface area contributed by atoms with Crippen LogP contribution in [0.25, 0.3) is 0 Å². The van der Waals surface area contributed by atoms with Gasteiger partial charge in [-0.15, -0.1) is 11.3 Å². The van der Waals surface area contributed by atoms with Gasteiger partial charge in [-0.3, -0.25) is 14.9 Å². The molecule has 0 aliphatic heterocycles. The van der Waals surface area contributed by atoms with E-state index < -0.39 is 10.8 Å². The molecule has 7 heteroatoms. The number of nitrogens with one attached hydrogen (secondary N) is 1. The quantitative estimate of drug-likeness (QED) is 0.662. The summed E-state index contributed by atoms with van der Waals surface area (Å²) in [5.41, 5.74) is -0.0467. The lowest BCUT2D eigenvalue weighted by molar-refractivity contribution is -0.384. The van der Waals surface area contributed by atoms with Crippen molar-refractivity contribution in [3.05, 3.63) is 61.3 Å². The summed E-state index contributed by atoms with van der Waals surface area (Å²) in [6.45, 7) is 1.96. The van der Waals surface area contributed by atoms with Gasteiger partial charge < -0.3 is 5.32 Å². The number of nitro groups is 1. The molecule has 0 bridgehead atoms. The number of hydrogen-bond acceptors (Lipinski definition) is 4. The second-order valence-corrected chi connectivity index (χ2v) is 5.76. The predicted octanol–water partition coefficient (Wildman–Crippen LogP) is 4.19. The molecule has 1 heterocycles. The van der Waals surface area contributed by atoms with Gasteiger partial charge in [-0.1, -0.05) is 24.6 Å². The lowest BCUT2D eigenvalue weighted by atomic mass is 10.1. The van der Waals surface area contributed by atoms with Crippen molar-refractivity contribution in [2.75, 3.05) is 0 Å². The fourth-order valence-corrected chi connectivity index (χ4v) is 2.97. The van der Waals surface area contributed by atoms with Gasteiger partial charge in [0.25, 0.3) is 11.6 Å². The van der Waals surface area contributed by atoms with Crippen molar-refractivity contribution in [1.29, 1.82) is 0 Å². The number of benzene rings is 1. The Morgan fingerprint density at radius 1 is 1.48 bits per heavy atom. The van der Waals surface area contributed by atoms with Crippen molar-refractivity contribution in [2.24, 2.45) is 0 Å². The van der Waals surface area contributed by atoms with E-state index in [0.717, 1.165) is 11.3 Å². The first-order valence-corrected chi connectivity index (χ1v) is 7.57. The normalized spacial score (nSPS) is 11.9. The minimum Gasteiger partial charge on any atom is -0.344 e. The predicted molar refractivity (Wildman–Crippen MR) is 82.9 cm³/mol. The molecule has 0 fully saturated rings. The van der Waals surface area contributed by atoms with Gasteiger partial charge >= 0.3 is 0 Å². The second kappa shape index (κ2) is 6.69. The highest BCUT2D eigenvalue weighted by Gasteiger charge is 2.19. The van der Waals surface area contributed by atoms with Gasteiger partial charge in [0.15, 0.2) is 0 Å². The van der Waals surface area contributed by atoms with E-state index in [0.29, 0.717) is 0 Å². The summed E-state index contributed by atoms with van der Waals surface area (Å²) in [4.78, 5) is 23.6. The second-order valence-electron chi connectivity index (χ2n) is 4.37. The first kappa shape index (κ1) is 15.5. The van der Waals surface area contributed by atoms with Crippen molar-refractivity contribution in [1.82, 2.24) is 5.32 Å². The monoisotopic (exact) mass is 324 g/mol. The maximum absolute atomic E-state index is 12.3. The van der Waals surface area contributed by atoms with Crippen molar-refractivity contribution in [3.63, 3.8) is 0 Å². The van der Waals surface area contributed by atoms with Crippen LogP contribution < -0.4 is 5.32 Å². The number of rotatable bonds is 5. The molecular weight excluding hydrogens is 312 g/mol. The van der Waals surface area contributed by atoms with E-state index in [1.54, 1.807) is 11.3 Å². The number of halogens is 1. The highest BCUT2D eigenvalue weighted by Crippen LogP contribution is 2.25. The molecular formula is C14H13ClN2O3S. The number of hydrogen-bond donors (Lipinski definition) is 1. The van der Waals surface area contributed by atoms with Crippen LogP contribution in [0.15, 0.2) is 35.7 Å². The van der Waals surface area contributed by atoms with Crippen molar-refractivity contribution in [3.8, 4) is 0 Å². The van der Waals surface area contributed by atoms with Crippen LogP contribution in [0.4, 0.5) is 5.69 Å². The Hall–Kier alpha value is -1.92. The maximum atomic E-state index is 12.3. The van der Waals surface area contributed by atoms with Gasteiger partial charge in [-0.25, -0.2) is 0 Å². The summed E-state index contributed by atoms with van der Waals surface area (Å²) in [6.07, 6.45) is 0.721. The number of carbonyl (C=O) groups excluding carboxylic acids is 1. The standard InChI is InChI=1S/C14H13ClN2O3S/c1-2-12(13-4-3-7-21-13)16-14(18)10-8-9(17(19)20)5-6-11(10)15/h3-8,12H,2H2,1H3,(H,16,18). The Morgan fingerprint density at radius 3 is 2.81 bits per heavy atom. The average molecular weight is 325 g/mol. The number of nitrogens with zero attached hydrogens (tertiary/aromatic N) is 1. The zero-order chi connectivity index (χ0) is 15.4. The van der Waals surface area contributed by atoms with Crippen LogP contribution in [0.1, 0.15) is 34.6 Å². The van der Waals surface area contributed by atoms with Crippen molar-refractivity contribution in [2.45, 2.75) is 19.4 Å². The number of thiophene rings is 1. The molecule has 0 radical (unpaired) electrons. The number of nitro benzene ring substituents is 1. The molecule has 5 nitrogen and oxygen atoms in total. The largest absolute Gasteiger partial charge is 0.344 e. The summed E-state index contributed by atoms with van der Waals surface area (Å²) < 4.78 is 0. The molecule has 2 aromatic rings. The van der Waals surface area contributed by atoms with Gasteiger partial charge in [0.1, 0.15) is 0 Å². The molecule has 1 amide bonds.